The first-order valence-corrected chi connectivity index (χ1v) is 7.74. The molecule has 6 nitrogen and oxygen atoms in total. The average molecular weight is 345 g/mol. The fourth-order valence-electron chi connectivity index (χ4n) is 3.70. The Labute approximate surface area is 137 Å². The Morgan fingerprint density at radius 1 is 1.42 bits per heavy atom. The summed E-state index contributed by atoms with van der Waals surface area (Å²) in [6, 6.07) is 0.739. The smallest absolute Gasteiger partial charge is 0.433 e. The molecular formula is C15H18F3N3O3. The van der Waals surface area contributed by atoms with Gasteiger partial charge in [-0.3, -0.25) is 9.69 Å². The topological polar surface area (TPSA) is 64.5 Å². The Morgan fingerprint density at radius 2 is 2.21 bits per heavy atom. The van der Waals surface area contributed by atoms with Gasteiger partial charge in [0.1, 0.15) is 18.5 Å². The molecule has 0 radical (unpaired) electrons. The quantitative estimate of drug-likeness (QED) is 0.778. The monoisotopic (exact) mass is 345 g/mol. The van der Waals surface area contributed by atoms with Gasteiger partial charge in [-0.25, -0.2) is 9.97 Å². The fourth-order valence-corrected chi connectivity index (χ4v) is 3.70. The number of hydrogen-bond acceptors (Lipinski definition) is 6. The molecule has 2 aliphatic heterocycles. The number of fused-ring (bicyclic) bond motifs is 1. The van der Waals surface area contributed by atoms with E-state index in [1.165, 1.54) is 7.11 Å². The summed E-state index contributed by atoms with van der Waals surface area (Å²) in [5.41, 5.74) is -1.64. The standard InChI is InChI=1S/C15H18F3N3O3/c1-23-13(22)14-4-2-6-21(14)10(3-5-14)8-24-12-7-11(15(16,17)18)19-9-20-12/h7,9-10H,2-6,8H2,1H3/t10-,14-/m0/s1. The van der Waals surface area contributed by atoms with E-state index in [1.54, 1.807) is 0 Å². The third-order valence-electron chi connectivity index (χ3n) is 4.79. The molecule has 0 bridgehead atoms. The van der Waals surface area contributed by atoms with Gasteiger partial charge in [0.05, 0.1) is 7.11 Å². The van der Waals surface area contributed by atoms with Crippen LogP contribution in [0.2, 0.25) is 0 Å². The Hall–Kier alpha value is -1.90. The summed E-state index contributed by atoms with van der Waals surface area (Å²) in [7, 11) is 1.37. The van der Waals surface area contributed by atoms with Crippen LogP contribution in [0.1, 0.15) is 31.4 Å². The predicted octanol–water partition coefficient (Wildman–Crippen LogP) is 2.04. The predicted molar refractivity (Wildman–Crippen MR) is 76.2 cm³/mol. The second-order valence-electron chi connectivity index (χ2n) is 6.06. The van der Waals surface area contributed by atoms with Gasteiger partial charge in [0.2, 0.25) is 5.88 Å². The van der Waals surface area contributed by atoms with Crippen molar-refractivity contribution in [1.82, 2.24) is 14.9 Å². The first-order valence-electron chi connectivity index (χ1n) is 7.74. The van der Waals surface area contributed by atoms with E-state index >= 15 is 0 Å². The fraction of sp³-hybridized carbons (Fsp3) is 0.667. The van der Waals surface area contributed by atoms with E-state index in [2.05, 4.69) is 14.9 Å². The van der Waals surface area contributed by atoms with E-state index < -0.39 is 17.4 Å². The van der Waals surface area contributed by atoms with Crippen LogP contribution < -0.4 is 4.74 Å². The third-order valence-corrected chi connectivity index (χ3v) is 4.79. The van der Waals surface area contributed by atoms with Crippen LogP contribution in [0.5, 0.6) is 5.88 Å². The molecule has 0 N–H and O–H groups in total. The Balaban J connectivity index is 1.67. The molecule has 3 heterocycles. The Morgan fingerprint density at radius 3 is 2.92 bits per heavy atom. The number of carbonyl (C=O) groups is 1. The van der Waals surface area contributed by atoms with Gasteiger partial charge in [-0.2, -0.15) is 13.2 Å². The number of halogens is 3. The molecule has 24 heavy (non-hydrogen) atoms. The van der Waals surface area contributed by atoms with Crippen molar-refractivity contribution >= 4 is 5.97 Å². The van der Waals surface area contributed by atoms with Crippen LogP contribution in [0, 0.1) is 0 Å². The number of aromatic nitrogens is 2. The highest BCUT2D eigenvalue weighted by molar-refractivity contribution is 5.81. The van der Waals surface area contributed by atoms with Gasteiger partial charge in [0, 0.05) is 12.1 Å². The molecule has 0 unspecified atom stereocenters. The number of ether oxygens (including phenoxy) is 2. The summed E-state index contributed by atoms with van der Waals surface area (Å²) < 4.78 is 48.4. The highest BCUT2D eigenvalue weighted by Crippen LogP contribution is 2.43. The number of esters is 1. The second kappa shape index (κ2) is 6.19. The number of nitrogens with zero attached hydrogens (tertiary/aromatic N) is 3. The van der Waals surface area contributed by atoms with Crippen LogP contribution in [-0.4, -0.2) is 52.7 Å². The molecular weight excluding hydrogens is 327 g/mol. The van der Waals surface area contributed by atoms with Gasteiger partial charge < -0.3 is 9.47 Å². The molecule has 0 amide bonds. The van der Waals surface area contributed by atoms with Crippen molar-refractivity contribution < 1.29 is 27.4 Å². The molecule has 9 heteroatoms. The van der Waals surface area contributed by atoms with Crippen LogP contribution in [0.25, 0.3) is 0 Å². The van der Waals surface area contributed by atoms with Gasteiger partial charge in [-0.1, -0.05) is 0 Å². The van der Waals surface area contributed by atoms with E-state index in [9.17, 15) is 18.0 Å². The van der Waals surface area contributed by atoms with Gasteiger partial charge in [0.15, 0.2) is 5.69 Å². The summed E-state index contributed by atoms with van der Waals surface area (Å²) in [6.07, 6.45) is -0.679. The first kappa shape index (κ1) is 16.9. The van der Waals surface area contributed by atoms with E-state index in [0.717, 1.165) is 38.2 Å². The molecule has 0 aromatic carbocycles. The zero-order valence-corrected chi connectivity index (χ0v) is 13.2. The maximum atomic E-state index is 12.7. The van der Waals surface area contributed by atoms with Crippen LogP contribution in [-0.2, 0) is 15.7 Å². The van der Waals surface area contributed by atoms with Crippen molar-refractivity contribution in [2.75, 3.05) is 20.3 Å². The largest absolute Gasteiger partial charge is 0.476 e. The average Bonchev–Trinajstić information content (AvgIpc) is 3.12. The molecule has 2 saturated heterocycles. The van der Waals surface area contributed by atoms with Crippen LogP contribution in [0.4, 0.5) is 13.2 Å². The molecule has 0 spiro atoms. The lowest BCUT2D eigenvalue weighted by Crippen LogP contribution is -2.50. The number of alkyl halides is 3. The molecule has 0 aliphatic carbocycles. The number of methoxy groups -OCH3 is 1. The molecule has 1 aromatic heterocycles. The summed E-state index contributed by atoms with van der Waals surface area (Å²) in [4.78, 5) is 21.1. The maximum absolute atomic E-state index is 12.7. The molecule has 2 fully saturated rings. The summed E-state index contributed by atoms with van der Waals surface area (Å²) in [5.74, 6) is -0.365. The number of carbonyl (C=O) groups excluding carboxylic acids is 1. The minimum Gasteiger partial charge on any atom is -0.476 e. The third kappa shape index (κ3) is 2.92. The van der Waals surface area contributed by atoms with Gasteiger partial charge in [-0.05, 0) is 32.2 Å². The molecule has 2 aliphatic rings. The molecule has 1 aromatic rings. The second-order valence-corrected chi connectivity index (χ2v) is 6.06. The first-order chi connectivity index (χ1) is 11.4. The lowest BCUT2D eigenvalue weighted by molar-refractivity contribution is -0.152. The maximum Gasteiger partial charge on any atom is 0.433 e. The summed E-state index contributed by atoms with van der Waals surface area (Å²) >= 11 is 0. The zero-order chi connectivity index (χ0) is 17.4. The van der Waals surface area contributed by atoms with E-state index in [0.29, 0.717) is 6.42 Å². The van der Waals surface area contributed by atoms with Crippen LogP contribution >= 0.6 is 0 Å². The van der Waals surface area contributed by atoms with Crippen LogP contribution in [0.3, 0.4) is 0 Å². The van der Waals surface area contributed by atoms with E-state index in [-0.39, 0.29) is 24.5 Å². The van der Waals surface area contributed by atoms with Crippen molar-refractivity contribution in [2.24, 2.45) is 0 Å². The van der Waals surface area contributed by atoms with Gasteiger partial charge in [0.25, 0.3) is 0 Å². The summed E-state index contributed by atoms with van der Waals surface area (Å²) in [5, 5.41) is 0. The zero-order valence-electron chi connectivity index (χ0n) is 13.2. The molecule has 3 rings (SSSR count). The number of rotatable bonds is 4. The summed E-state index contributed by atoms with van der Waals surface area (Å²) in [6.45, 7) is 0.924. The van der Waals surface area contributed by atoms with Crippen molar-refractivity contribution in [3.8, 4) is 5.88 Å². The van der Waals surface area contributed by atoms with Gasteiger partial charge in [-0.15, -0.1) is 0 Å². The molecule has 2 atom stereocenters. The Kier molecular flexibility index (Phi) is 4.37. The Bertz CT molecular complexity index is 625. The van der Waals surface area contributed by atoms with Crippen molar-refractivity contribution in [3.05, 3.63) is 18.1 Å². The van der Waals surface area contributed by atoms with Crippen molar-refractivity contribution in [1.29, 1.82) is 0 Å². The minimum atomic E-state index is -4.54. The lowest BCUT2D eigenvalue weighted by atomic mass is 9.94. The highest BCUT2D eigenvalue weighted by Gasteiger charge is 2.55. The van der Waals surface area contributed by atoms with Gasteiger partial charge >= 0.3 is 12.1 Å². The van der Waals surface area contributed by atoms with E-state index in [1.807, 2.05) is 0 Å². The van der Waals surface area contributed by atoms with Crippen LogP contribution in [0.15, 0.2) is 12.4 Å². The normalized spacial score (nSPS) is 27.1. The van der Waals surface area contributed by atoms with Crippen molar-refractivity contribution in [3.63, 3.8) is 0 Å². The lowest BCUT2D eigenvalue weighted by Gasteiger charge is -2.32. The highest BCUT2D eigenvalue weighted by atomic mass is 19.4. The SMILES string of the molecule is COC(=O)[C@@]12CCCN1[C@H](COc1cc(C(F)(F)F)ncn1)CC2. The van der Waals surface area contributed by atoms with Crippen molar-refractivity contribution in [2.45, 2.75) is 43.4 Å². The molecule has 132 valence electrons. The van der Waals surface area contributed by atoms with E-state index in [4.69, 9.17) is 9.47 Å². The minimum absolute atomic E-state index is 0.0455. The molecule has 0 saturated carbocycles. The number of hydrogen-bond donors (Lipinski definition) is 0.